The third-order valence-electron chi connectivity index (χ3n) is 5.69. The number of benzene rings is 2. The first kappa shape index (κ1) is 23.5. The third kappa shape index (κ3) is 4.55. The minimum Gasteiger partial charge on any atom is -0.396 e. The van der Waals surface area contributed by atoms with E-state index in [4.69, 9.17) is 21.4 Å². The van der Waals surface area contributed by atoms with Crippen molar-refractivity contribution in [2.45, 2.75) is 53.3 Å². The summed E-state index contributed by atoms with van der Waals surface area (Å²) in [6.07, 6.45) is -2.98. The van der Waals surface area contributed by atoms with Gasteiger partial charge in [0, 0.05) is 28.0 Å². The van der Waals surface area contributed by atoms with Crippen molar-refractivity contribution in [3.05, 3.63) is 59.2 Å². The highest BCUT2D eigenvalue weighted by Crippen LogP contribution is 2.41. The molecule has 0 unspecified atom stereocenters. The Bertz CT molecular complexity index is 1060. The lowest BCUT2D eigenvalue weighted by Crippen LogP contribution is -2.56. The van der Waals surface area contributed by atoms with Crippen LogP contribution in [0.25, 0.3) is 10.9 Å². The van der Waals surface area contributed by atoms with Crippen LogP contribution in [0.3, 0.4) is 0 Å². The number of aromatic nitrogens is 1. The molecule has 9 heteroatoms. The van der Waals surface area contributed by atoms with Crippen molar-refractivity contribution in [1.82, 2.24) is 4.57 Å². The van der Waals surface area contributed by atoms with Gasteiger partial charge in [-0.25, -0.2) is 0 Å². The fourth-order valence-corrected chi connectivity index (χ4v) is 5.30. The van der Waals surface area contributed by atoms with E-state index in [1.807, 2.05) is 30.3 Å². The highest BCUT2D eigenvalue weighted by atomic mass is 35.5. The molecule has 0 bridgehead atoms. The Hall–Kier alpha value is -1.62. The molecule has 5 N–H and O–H groups in total. The molecule has 0 aliphatic carbocycles. The number of nitrogens with zero attached hydrogens (tertiary/aromatic N) is 1. The highest BCUT2D eigenvalue weighted by molar-refractivity contribution is 7.99. The summed E-state index contributed by atoms with van der Waals surface area (Å²) in [6, 6.07) is 13.5. The van der Waals surface area contributed by atoms with Crippen LogP contribution < -0.4 is 0 Å². The number of rotatable bonds is 7. The van der Waals surface area contributed by atoms with Crippen LogP contribution in [0.1, 0.15) is 18.2 Å². The average molecular weight is 480 g/mol. The summed E-state index contributed by atoms with van der Waals surface area (Å²) in [5.74, 6) is 0. The van der Waals surface area contributed by atoms with E-state index in [0.29, 0.717) is 17.0 Å². The van der Waals surface area contributed by atoms with Crippen molar-refractivity contribution in [2.75, 3.05) is 13.2 Å². The number of halogens is 1. The standard InChI is InChI=1S/C23H26ClNO6S/c24-15-4-1-5-16-19(15)18(32-14-8-6-13(7-9-14)3-2-10-26)11-25(16)23-22(30)21(29)20(28)17(12-27)31-23/h1,4-9,11,17,20-23,26-30H,2-3,10,12H2/t17-,20-,21+,22-,23-/m1/s1. The molecule has 32 heavy (non-hydrogen) atoms. The van der Waals surface area contributed by atoms with Gasteiger partial charge in [-0.05, 0) is 42.7 Å². The largest absolute Gasteiger partial charge is 0.396 e. The normalized spacial score (nSPS) is 26.0. The number of aryl methyl sites for hydroxylation is 1. The van der Waals surface area contributed by atoms with Gasteiger partial charge in [0.15, 0.2) is 6.23 Å². The molecule has 0 spiro atoms. The van der Waals surface area contributed by atoms with Crippen LogP contribution in [0.5, 0.6) is 0 Å². The quantitative estimate of drug-likeness (QED) is 0.353. The van der Waals surface area contributed by atoms with Crippen LogP contribution in [0.4, 0.5) is 0 Å². The molecule has 0 radical (unpaired) electrons. The maximum atomic E-state index is 10.6. The Morgan fingerprint density at radius 2 is 1.72 bits per heavy atom. The molecule has 1 saturated heterocycles. The Balaban J connectivity index is 1.69. The topological polar surface area (TPSA) is 115 Å². The molecule has 7 nitrogen and oxygen atoms in total. The van der Waals surface area contributed by atoms with Gasteiger partial charge in [-0.3, -0.25) is 0 Å². The number of fused-ring (bicyclic) bond motifs is 1. The van der Waals surface area contributed by atoms with Crippen LogP contribution in [0, 0.1) is 0 Å². The van der Waals surface area contributed by atoms with Crippen LogP contribution >= 0.6 is 23.4 Å². The van der Waals surface area contributed by atoms with E-state index in [0.717, 1.165) is 27.2 Å². The monoisotopic (exact) mass is 479 g/mol. The molecule has 3 aromatic rings. The maximum absolute atomic E-state index is 10.6. The molecule has 1 aromatic heterocycles. The first-order valence-corrected chi connectivity index (χ1v) is 11.6. The average Bonchev–Trinajstić information content (AvgIpc) is 3.16. The fraction of sp³-hybridized carbons (Fsp3) is 0.391. The molecule has 2 heterocycles. The predicted octanol–water partition coefficient (Wildman–Crippen LogP) is 2.34. The second-order valence-electron chi connectivity index (χ2n) is 7.83. The number of hydrogen-bond acceptors (Lipinski definition) is 7. The summed E-state index contributed by atoms with van der Waals surface area (Å²) in [5.41, 5.74) is 1.84. The zero-order chi connectivity index (χ0) is 22.8. The molecule has 4 rings (SSSR count). The van der Waals surface area contributed by atoms with E-state index < -0.39 is 37.3 Å². The minimum atomic E-state index is -1.47. The molecular weight excluding hydrogens is 454 g/mol. The number of aliphatic hydroxyl groups is 5. The lowest BCUT2D eigenvalue weighted by Gasteiger charge is -2.40. The van der Waals surface area contributed by atoms with Gasteiger partial charge in [0.2, 0.25) is 0 Å². The second kappa shape index (κ2) is 10.1. The van der Waals surface area contributed by atoms with E-state index in [1.165, 1.54) is 11.8 Å². The number of ether oxygens (including phenoxy) is 1. The maximum Gasteiger partial charge on any atom is 0.163 e. The first-order chi connectivity index (χ1) is 15.4. The molecular formula is C23H26ClNO6S. The lowest BCUT2D eigenvalue weighted by molar-refractivity contribution is -0.250. The summed E-state index contributed by atoms with van der Waals surface area (Å²) < 4.78 is 7.44. The number of hydrogen-bond donors (Lipinski definition) is 5. The first-order valence-electron chi connectivity index (χ1n) is 10.4. The highest BCUT2D eigenvalue weighted by Gasteiger charge is 2.44. The van der Waals surface area contributed by atoms with Crippen molar-refractivity contribution >= 4 is 34.3 Å². The van der Waals surface area contributed by atoms with Gasteiger partial charge >= 0.3 is 0 Å². The predicted molar refractivity (Wildman–Crippen MR) is 122 cm³/mol. The zero-order valence-corrected chi connectivity index (χ0v) is 18.8. The van der Waals surface area contributed by atoms with Gasteiger partial charge in [0.05, 0.1) is 17.1 Å². The van der Waals surface area contributed by atoms with E-state index in [2.05, 4.69) is 0 Å². The van der Waals surface area contributed by atoms with Gasteiger partial charge in [-0.1, -0.05) is 41.6 Å². The summed E-state index contributed by atoms with van der Waals surface area (Å²) in [6.45, 7) is -0.335. The second-order valence-corrected chi connectivity index (χ2v) is 9.35. The van der Waals surface area contributed by atoms with Gasteiger partial charge in [-0.2, -0.15) is 0 Å². The molecule has 1 aliphatic heterocycles. The minimum absolute atomic E-state index is 0.159. The molecule has 172 valence electrons. The van der Waals surface area contributed by atoms with Crippen molar-refractivity contribution in [2.24, 2.45) is 0 Å². The van der Waals surface area contributed by atoms with Crippen LogP contribution in [0.2, 0.25) is 5.02 Å². The Morgan fingerprint density at radius 1 is 0.969 bits per heavy atom. The molecule has 5 atom stereocenters. The SMILES string of the molecule is OCCCc1ccc(Sc2cn([C@@H]3O[C@H](CO)[C@@H](O)[C@H](O)[C@H]3O)c3cccc(Cl)c23)cc1. The number of aliphatic hydroxyl groups excluding tert-OH is 5. The molecule has 1 fully saturated rings. The van der Waals surface area contributed by atoms with E-state index in [9.17, 15) is 20.4 Å². The molecule has 1 aliphatic rings. The van der Waals surface area contributed by atoms with Crippen molar-refractivity contribution in [3.8, 4) is 0 Å². The Labute approximate surface area is 194 Å². The summed E-state index contributed by atoms with van der Waals surface area (Å²) in [4.78, 5) is 1.83. The van der Waals surface area contributed by atoms with Gasteiger partial charge in [0.1, 0.15) is 24.4 Å². The Morgan fingerprint density at radius 3 is 2.41 bits per heavy atom. The third-order valence-corrected chi connectivity index (χ3v) is 7.04. The molecule has 2 aromatic carbocycles. The van der Waals surface area contributed by atoms with Crippen molar-refractivity contribution in [1.29, 1.82) is 0 Å². The summed E-state index contributed by atoms with van der Waals surface area (Å²) >= 11 is 8.03. The molecule has 0 amide bonds. The van der Waals surface area contributed by atoms with Gasteiger partial charge in [-0.15, -0.1) is 0 Å². The summed E-state index contributed by atoms with van der Waals surface area (Å²) in [5, 5.41) is 50.8. The Kier molecular flexibility index (Phi) is 7.44. The van der Waals surface area contributed by atoms with Crippen molar-refractivity contribution in [3.63, 3.8) is 0 Å². The van der Waals surface area contributed by atoms with Crippen LogP contribution in [-0.4, -0.2) is 67.7 Å². The molecule has 0 saturated carbocycles. The van der Waals surface area contributed by atoms with E-state index in [-0.39, 0.29) is 6.61 Å². The van der Waals surface area contributed by atoms with Crippen LogP contribution in [-0.2, 0) is 11.2 Å². The summed E-state index contributed by atoms with van der Waals surface area (Å²) in [7, 11) is 0. The zero-order valence-electron chi connectivity index (χ0n) is 17.2. The van der Waals surface area contributed by atoms with E-state index >= 15 is 0 Å². The van der Waals surface area contributed by atoms with E-state index in [1.54, 1.807) is 22.9 Å². The smallest absolute Gasteiger partial charge is 0.163 e. The lowest BCUT2D eigenvalue weighted by atomic mass is 9.98. The fourth-order valence-electron chi connectivity index (χ4n) is 3.97. The van der Waals surface area contributed by atoms with Gasteiger partial charge < -0.3 is 34.8 Å². The van der Waals surface area contributed by atoms with Gasteiger partial charge in [0.25, 0.3) is 0 Å². The van der Waals surface area contributed by atoms with Crippen molar-refractivity contribution < 1.29 is 30.3 Å². The van der Waals surface area contributed by atoms with Crippen LogP contribution in [0.15, 0.2) is 58.5 Å².